The fourth-order valence-corrected chi connectivity index (χ4v) is 4.89. The molecule has 0 fully saturated rings. The molecule has 3 aromatic rings. The Hall–Kier alpha value is -2.03. The van der Waals surface area contributed by atoms with Gasteiger partial charge in [-0.1, -0.05) is 29.5 Å². The number of thiazole rings is 1. The van der Waals surface area contributed by atoms with Gasteiger partial charge in [0.25, 0.3) is 11.8 Å². The fraction of sp³-hybridized carbons (Fsp3) is 0.167. The Kier molecular flexibility index (Phi) is 4.88. The minimum atomic E-state index is -0.146. The minimum Gasteiger partial charge on any atom is -0.333 e. The number of nitrogens with zero attached hydrogens (tertiary/aromatic N) is 2. The van der Waals surface area contributed by atoms with Gasteiger partial charge < -0.3 is 4.90 Å². The van der Waals surface area contributed by atoms with E-state index in [2.05, 4.69) is 26.2 Å². The monoisotopic (exact) mass is 447 g/mol. The van der Waals surface area contributed by atoms with E-state index in [9.17, 15) is 9.59 Å². The number of amides is 2. The van der Waals surface area contributed by atoms with Gasteiger partial charge in [0, 0.05) is 22.3 Å². The molecule has 1 aliphatic heterocycles. The van der Waals surface area contributed by atoms with E-state index in [0.29, 0.717) is 35.1 Å². The van der Waals surface area contributed by atoms with Crippen LogP contribution in [-0.4, -0.2) is 28.2 Å². The number of rotatable bonds is 3. The Morgan fingerprint density at radius 1 is 1.19 bits per heavy atom. The van der Waals surface area contributed by atoms with E-state index in [1.807, 2.05) is 40.6 Å². The summed E-state index contributed by atoms with van der Waals surface area (Å²) in [7, 11) is 0. The van der Waals surface area contributed by atoms with Crippen molar-refractivity contribution in [3.8, 4) is 0 Å². The van der Waals surface area contributed by atoms with Crippen molar-refractivity contribution in [1.82, 2.24) is 9.88 Å². The van der Waals surface area contributed by atoms with Crippen LogP contribution < -0.4 is 5.32 Å². The molecule has 0 spiro atoms. The highest BCUT2D eigenvalue weighted by Gasteiger charge is 2.26. The summed E-state index contributed by atoms with van der Waals surface area (Å²) in [6.45, 7) is 1.14. The van der Waals surface area contributed by atoms with Crippen molar-refractivity contribution in [2.75, 3.05) is 11.9 Å². The van der Waals surface area contributed by atoms with Gasteiger partial charge in [0.1, 0.15) is 0 Å². The maximum absolute atomic E-state index is 12.8. The number of halogens is 1. The Balaban J connectivity index is 1.49. The zero-order valence-electron chi connectivity index (χ0n) is 13.6. The summed E-state index contributed by atoms with van der Waals surface area (Å²) < 4.78 is 0.795. The summed E-state index contributed by atoms with van der Waals surface area (Å²) in [5, 5.41) is 5.31. The van der Waals surface area contributed by atoms with Gasteiger partial charge in [-0.2, -0.15) is 0 Å². The van der Waals surface area contributed by atoms with Crippen molar-refractivity contribution < 1.29 is 9.59 Å². The summed E-state index contributed by atoms with van der Waals surface area (Å²) in [6.07, 6.45) is 0.691. The molecule has 0 radical (unpaired) electrons. The number of aromatic nitrogens is 1. The SMILES string of the molecule is O=C(Nc1nc2c(s1)CN(C(=O)c1ccccc1Br)CC2)c1cccs1. The summed E-state index contributed by atoms with van der Waals surface area (Å²) >= 11 is 6.27. The van der Waals surface area contributed by atoms with E-state index >= 15 is 0 Å². The van der Waals surface area contributed by atoms with Crippen LogP contribution in [0.15, 0.2) is 46.3 Å². The number of hydrogen-bond donors (Lipinski definition) is 1. The lowest BCUT2D eigenvalue weighted by Crippen LogP contribution is -2.35. The Morgan fingerprint density at radius 3 is 2.81 bits per heavy atom. The largest absolute Gasteiger partial charge is 0.333 e. The van der Waals surface area contributed by atoms with Crippen molar-refractivity contribution in [2.45, 2.75) is 13.0 Å². The van der Waals surface area contributed by atoms with E-state index in [1.165, 1.54) is 22.7 Å². The van der Waals surface area contributed by atoms with E-state index in [1.54, 1.807) is 6.07 Å². The number of nitrogens with one attached hydrogen (secondary N) is 1. The van der Waals surface area contributed by atoms with Crippen LogP contribution in [-0.2, 0) is 13.0 Å². The van der Waals surface area contributed by atoms with Crippen LogP contribution in [0.5, 0.6) is 0 Å². The van der Waals surface area contributed by atoms with Gasteiger partial charge >= 0.3 is 0 Å². The molecular weight excluding hydrogens is 434 g/mol. The molecule has 1 aromatic carbocycles. The van der Waals surface area contributed by atoms with Crippen molar-refractivity contribution >= 4 is 55.5 Å². The van der Waals surface area contributed by atoms with Crippen LogP contribution in [0.3, 0.4) is 0 Å². The number of carbonyl (C=O) groups excluding carboxylic acids is 2. The molecule has 0 aliphatic carbocycles. The maximum Gasteiger partial charge on any atom is 0.267 e. The highest BCUT2D eigenvalue weighted by molar-refractivity contribution is 9.10. The van der Waals surface area contributed by atoms with Gasteiger partial charge in [0.05, 0.1) is 22.7 Å². The van der Waals surface area contributed by atoms with Gasteiger partial charge in [0.2, 0.25) is 0 Å². The first kappa shape index (κ1) is 17.4. The van der Waals surface area contributed by atoms with Crippen molar-refractivity contribution in [2.24, 2.45) is 0 Å². The second kappa shape index (κ2) is 7.30. The molecule has 0 unspecified atom stereocenters. The maximum atomic E-state index is 12.8. The second-order valence-electron chi connectivity index (χ2n) is 5.78. The summed E-state index contributed by atoms with van der Waals surface area (Å²) in [5.74, 6) is -0.145. The molecule has 5 nitrogen and oxygen atoms in total. The molecule has 0 saturated heterocycles. The molecule has 0 saturated carbocycles. The molecule has 0 atom stereocenters. The summed E-state index contributed by atoms with van der Waals surface area (Å²) in [4.78, 5) is 33.0. The molecule has 132 valence electrons. The van der Waals surface area contributed by atoms with Crippen LogP contribution in [0.4, 0.5) is 5.13 Å². The third kappa shape index (κ3) is 3.44. The quantitative estimate of drug-likeness (QED) is 0.646. The van der Waals surface area contributed by atoms with E-state index < -0.39 is 0 Å². The molecule has 0 bridgehead atoms. The van der Waals surface area contributed by atoms with E-state index in [-0.39, 0.29) is 11.8 Å². The lowest BCUT2D eigenvalue weighted by molar-refractivity contribution is 0.0735. The lowest BCUT2D eigenvalue weighted by atomic mass is 10.1. The molecular formula is C18H14BrN3O2S2. The third-order valence-corrected chi connectivity index (χ3v) is 6.65. The summed E-state index contributed by atoms with van der Waals surface area (Å²) in [6, 6.07) is 11.1. The molecule has 2 amide bonds. The smallest absolute Gasteiger partial charge is 0.267 e. The molecule has 1 aliphatic rings. The van der Waals surface area contributed by atoms with Gasteiger partial charge in [-0.05, 0) is 39.5 Å². The molecule has 3 heterocycles. The summed E-state index contributed by atoms with van der Waals surface area (Å²) in [5.41, 5.74) is 1.62. The second-order valence-corrected chi connectivity index (χ2v) is 8.66. The predicted octanol–water partition coefficient (Wildman–Crippen LogP) is 4.42. The van der Waals surface area contributed by atoms with Gasteiger partial charge in [-0.3, -0.25) is 14.9 Å². The average molecular weight is 448 g/mol. The van der Waals surface area contributed by atoms with Crippen LogP contribution in [0.1, 0.15) is 30.6 Å². The fourth-order valence-electron chi connectivity index (χ4n) is 2.79. The van der Waals surface area contributed by atoms with Crippen LogP contribution in [0.2, 0.25) is 0 Å². The predicted molar refractivity (Wildman–Crippen MR) is 107 cm³/mol. The molecule has 4 rings (SSSR count). The first-order valence-electron chi connectivity index (χ1n) is 7.99. The highest BCUT2D eigenvalue weighted by Crippen LogP contribution is 2.30. The first-order valence-corrected chi connectivity index (χ1v) is 10.5. The van der Waals surface area contributed by atoms with Gasteiger partial charge in [-0.25, -0.2) is 4.98 Å². The van der Waals surface area contributed by atoms with Crippen LogP contribution in [0, 0.1) is 0 Å². The van der Waals surface area contributed by atoms with Gasteiger partial charge in [-0.15, -0.1) is 11.3 Å². The minimum absolute atomic E-state index is 0.000645. The Labute approximate surface area is 166 Å². The molecule has 2 aromatic heterocycles. The Morgan fingerprint density at radius 2 is 2.04 bits per heavy atom. The standard InChI is InChI=1S/C18H14BrN3O2S2/c19-12-5-2-1-4-11(12)17(24)22-8-7-13-15(10-22)26-18(20-13)21-16(23)14-6-3-9-25-14/h1-6,9H,7-8,10H2,(H,20,21,23). The Bertz CT molecular complexity index is 969. The zero-order chi connectivity index (χ0) is 18.1. The highest BCUT2D eigenvalue weighted by atomic mass is 79.9. The third-order valence-electron chi connectivity index (χ3n) is 4.09. The van der Waals surface area contributed by atoms with Crippen LogP contribution in [0.25, 0.3) is 0 Å². The topological polar surface area (TPSA) is 62.3 Å². The zero-order valence-corrected chi connectivity index (χ0v) is 16.8. The number of thiophene rings is 1. The van der Waals surface area contributed by atoms with Gasteiger partial charge in [0.15, 0.2) is 5.13 Å². The number of fused-ring (bicyclic) bond motifs is 1. The molecule has 26 heavy (non-hydrogen) atoms. The number of carbonyl (C=O) groups is 2. The van der Waals surface area contributed by atoms with E-state index in [4.69, 9.17) is 0 Å². The van der Waals surface area contributed by atoms with Crippen molar-refractivity contribution in [3.63, 3.8) is 0 Å². The van der Waals surface area contributed by atoms with E-state index in [0.717, 1.165) is 15.0 Å². The van der Waals surface area contributed by atoms with Crippen LogP contribution >= 0.6 is 38.6 Å². The molecule has 1 N–H and O–H groups in total. The normalized spacial score (nSPS) is 13.3. The number of hydrogen-bond acceptors (Lipinski definition) is 5. The van der Waals surface area contributed by atoms with Crippen molar-refractivity contribution in [3.05, 3.63) is 67.3 Å². The van der Waals surface area contributed by atoms with Crippen molar-refractivity contribution in [1.29, 1.82) is 0 Å². The average Bonchev–Trinajstić information content (AvgIpc) is 3.30. The first-order chi connectivity index (χ1) is 12.6. The lowest BCUT2D eigenvalue weighted by Gasteiger charge is -2.26. The number of anilines is 1. The number of benzene rings is 1. The molecule has 8 heteroatoms.